The molecule has 0 radical (unpaired) electrons. The van der Waals surface area contributed by atoms with Crippen molar-refractivity contribution in [2.24, 2.45) is 0 Å². The van der Waals surface area contributed by atoms with E-state index in [0.717, 1.165) is 12.2 Å². The summed E-state index contributed by atoms with van der Waals surface area (Å²) in [4.78, 5) is 11.6. The van der Waals surface area contributed by atoms with Crippen LogP contribution in [0.15, 0.2) is 24.3 Å². The molecule has 1 saturated heterocycles. The third kappa shape index (κ3) is 2.82. The van der Waals surface area contributed by atoms with Gasteiger partial charge in [0.25, 0.3) is 0 Å². The molecule has 18 heavy (non-hydrogen) atoms. The second kappa shape index (κ2) is 4.98. The lowest BCUT2D eigenvalue weighted by Gasteiger charge is -2.16. The highest BCUT2D eigenvalue weighted by molar-refractivity contribution is 5.78. The van der Waals surface area contributed by atoms with Crippen LogP contribution in [0, 0.1) is 0 Å². The lowest BCUT2D eigenvalue weighted by molar-refractivity contribution is -0.142. The number of para-hydroxylation sites is 1. The van der Waals surface area contributed by atoms with Crippen molar-refractivity contribution in [2.45, 2.75) is 25.4 Å². The molecule has 0 spiro atoms. The molecule has 2 atom stereocenters. The van der Waals surface area contributed by atoms with Crippen LogP contribution < -0.4 is 4.74 Å². The van der Waals surface area contributed by atoms with Crippen LogP contribution in [0.25, 0.3) is 0 Å². The maximum absolute atomic E-state index is 11.6. The highest BCUT2D eigenvalue weighted by Gasteiger charge is 2.40. The summed E-state index contributed by atoms with van der Waals surface area (Å²) in [6.07, 6.45) is 0. The Balaban J connectivity index is 2.11. The smallest absolute Gasteiger partial charge is 0.312 e. The fourth-order valence-corrected chi connectivity index (χ4v) is 1.71. The molecule has 0 aliphatic carbocycles. The molecule has 2 rings (SSSR count). The zero-order valence-corrected chi connectivity index (χ0v) is 10.9. The first-order chi connectivity index (χ1) is 8.56. The molecular formula is C14H18O4. The minimum atomic E-state index is -0.334. The number of hydrogen-bond acceptors (Lipinski definition) is 4. The van der Waals surface area contributed by atoms with Crippen LogP contribution in [0.2, 0.25) is 0 Å². The van der Waals surface area contributed by atoms with E-state index in [0.29, 0.717) is 12.4 Å². The SMILES string of the molecule is COC(=O)C(C)c1ccccc1OC[C@@]1(C)CO1. The van der Waals surface area contributed by atoms with E-state index in [1.807, 2.05) is 38.1 Å². The van der Waals surface area contributed by atoms with Crippen LogP contribution in [0.3, 0.4) is 0 Å². The molecule has 1 heterocycles. The van der Waals surface area contributed by atoms with Gasteiger partial charge in [-0.15, -0.1) is 0 Å². The van der Waals surface area contributed by atoms with E-state index >= 15 is 0 Å². The average Bonchev–Trinajstić information content (AvgIpc) is 3.13. The van der Waals surface area contributed by atoms with E-state index in [-0.39, 0.29) is 17.5 Å². The molecule has 4 heteroatoms. The van der Waals surface area contributed by atoms with Gasteiger partial charge in [-0.25, -0.2) is 0 Å². The summed E-state index contributed by atoms with van der Waals surface area (Å²) >= 11 is 0. The average molecular weight is 250 g/mol. The minimum absolute atomic E-state index is 0.165. The monoisotopic (exact) mass is 250 g/mol. The van der Waals surface area contributed by atoms with Gasteiger partial charge in [0.1, 0.15) is 18.0 Å². The summed E-state index contributed by atoms with van der Waals surface area (Å²) in [6.45, 7) is 5.03. The lowest BCUT2D eigenvalue weighted by Crippen LogP contribution is -2.19. The van der Waals surface area contributed by atoms with Gasteiger partial charge in [-0.2, -0.15) is 0 Å². The van der Waals surface area contributed by atoms with Crippen LogP contribution in [-0.2, 0) is 14.3 Å². The number of benzene rings is 1. The van der Waals surface area contributed by atoms with Crippen LogP contribution >= 0.6 is 0 Å². The normalized spacial score (nSPS) is 23.3. The molecule has 0 amide bonds. The predicted molar refractivity (Wildman–Crippen MR) is 66.7 cm³/mol. The van der Waals surface area contributed by atoms with Gasteiger partial charge in [-0.3, -0.25) is 4.79 Å². The number of ether oxygens (including phenoxy) is 3. The fourth-order valence-electron chi connectivity index (χ4n) is 1.71. The standard InChI is InChI=1S/C14H18O4/c1-10(13(15)16-3)11-6-4-5-7-12(11)17-8-14(2)9-18-14/h4-7,10H,8-9H2,1-3H3/t10?,14-/m0/s1. The van der Waals surface area contributed by atoms with Gasteiger partial charge < -0.3 is 14.2 Å². The van der Waals surface area contributed by atoms with Crippen LogP contribution in [0.4, 0.5) is 0 Å². The van der Waals surface area contributed by atoms with Crippen molar-refractivity contribution in [1.82, 2.24) is 0 Å². The Morgan fingerprint density at radius 1 is 1.50 bits per heavy atom. The number of carbonyl (C=O) groups is 1. The molecule has 1 aromatic rings. The van der Waals surface area contributed by atoms with Gasteiger partial charge in [-0.1, -0.05) is 18.2 Å². The Kier molecular flexibility index (Phi) is 3.57. The van der Waals surface area contributed by atoms with Gasteiger partial charge in [0, 0.05) is 5.56 Å². The van der Waals surface area contributed by atoms with E-state index in [4.69, 9.17) is 14.2 Å². The number of epoxide rings is 1. The molecule has 1 unspecified atom stereocenters. The summed E-state index contributed by atoms with van der Waals surface area (Å²) in [5.74, 6) is 0.117. The highest BCUT2D eigenvalue weighted by Crippen LogP contribution is 2.31. The van der Waals surface area contributed by atoms with Crippen LogP contribution in [0.5, 0.6) is 5.75 Å². The summed E-state index contributed by atoms with van der Waals surface area (Å²) < 4.78 is 15.8. The van der Waals surface area contributed by atoms with Gasteiger partial charge in [-0.05, 0) is 19.9 Å². The maximum Gasteiger partial charge on any atom is 0.312 e. The molecule has 98 valence electrons. The summed E-state index contributed by atoms with van der Waals surface area (Å²) in [5.41, 5.74) is 0.676. The third-order valence-electron chi connectivity index (χ3n) is 3.11. The molecule has 0 saturated carbocycles. The van der Waals surface area contributed by atoms with E-state index in [1.165, 1.54) is 7.11 Å². The van der Waals surface area contributed by atoms with Crippen molar-refractivity contribution in [3.63, 3.8) is 0 Å². The van der Waals surface area contributed by atoms with Crippen molar-refractivity contribution in [1.29, 1.82) is 0 Å². The molecule has 1 aromatic carbocycles. The quantitative estimate of drug-likeness (QED) is 0.593. The topological polar surface area (TPSA) is 48.1 Å². The molecule has 0 bridgehead atoms. The highest BCUT2D eigenvalue weighted by atomic mass is 16.6. The summed E-state index contributed by atoms with van der Waals surface area (Å²) in [5, 5.41) is 0. The first-order valence-electron chi connectivity index (χ1n) is 5.99. The Bertz CT molecular complexity index is 437. The summed E-state index contributed by atoms with van der Waals surface area (Å²) in [6, 6.07) is 7.52. The zero-order valence-electron chi connectivity index (χ0n) is 10.9. The van der Waals surface area contributed by atoms with Crippen molar-refractivity contribution >= 4 is 5.97 Å². The van der Waals surface area contributed by atoms with Crippen LogP contribution in [-0.4, -0.2) is 31.9 Å². The van der Waals surface area contributed by atoms with Crippen molar-refractivity contribution in [3.8, 4) is 5.75 Å². The number of esters is 1. The van der Waals surface area contributed by atoms with E-state index in [2.05, 4.69) is 0 Å². The Hall–Kier alpha value is -1.55. The van der Waals surface area contributed by atoms with Gasteiger partial charge in [0.15, 0.2) is 0 Å². The molecule has 4 nitrogen and oxygen atoms in total. The minimum Gasteiger partial charge on any atom is -0.490 e. The predicted octanol–water partition coefficient (Wildman–Crippen LogP) is 2.13. The number of rotatable bonds is 5. The Labute approximate surface area is 107 Å². The van der Waals surface area contributed by atoms with Gasteiger partial charge in [0.05, 0.1) is 19.6 Å². The van der Waals surface area contributed by atoms with Gasteiger partial charge >= 0.3 is 5.97 Å². The zero-order chi connectivity index (χ0) is 13.2. The van der Waals surface area contributed by atoms with Crippen molar-refractivity contribution in [3.05, 3.63) is 29.8 Å². The molecule has 1 aliphatic heterocycles. The first-order valence-corrected chi connectivity index (χ1v) is 5.99. The molecule has 0 aromatic heterocycles. The number of hydrogen-bond donors (Lipinski definition) is 0. The lowest BCUT2D eigenvalue weighted by atomic mass is 10.0. The third-order valence-corrected chi connectivity index (χ3v) is 3.11. The van der Waals surface area contributed by atoms with E-state index < -0.39 is 0 Å². The molecule has 1 fully saturated rings. The largest absolute Gasteiger partial charge is 0.490 e. The van der Waals surface area contributed by atoms with Crippen molar-refractivity contribution in [2.75, 3.05) is 20.3 Å². The Morgan fingerprint density at radius 3 is 2.78 bits per heavy atom. The molecule has 1 aliphatic rings. The maximum atomic E-state index is 11.6. The Morgan fingerprint density at radius 2 is 2.17 bits per heavy atom. The first kappa shape index (κ1) is 12.9. The number of carbonyl (C=O) groups excluding carboxylic acids is 1. The fraction of sp³-hybridized carbons (Fsp3) is 0.500. The van der Waals surface area contributed by atoms with E-state index in [9.17, 15) is 4.79 Å². The molecule has 0 N–H and O–H groups in total. The molecular weight excluding hydrogens is 232 g/mol. The van der Waals surface area contributed by atoms with Gasteiger partial charge in [0.2, 0.25) is 0 Å². The van der Waals surface area contributed by atoms with Crippen molar-refractivity contribution < 1.29 is 19.0 Å². The number of methoxy groups -OCH3 is 1. The summed E-state index contributed by atoms with van der Waals surface area (Å²) in [7, 11) is 1.39. The van der Waals surface area contributed by atoms with Crippen LogP contribution in [0.1, 0.15) is 25.3 Å². The second-order valence-electron chi connectivity index (χ2n) is 4.81. The second-order valence-corrected chi connectivity index (χ2v) is 4.81. The van der Waals surface area contributed by atoms with E-state index in [1.54, 1.807) is 0 Å².